The SMILES string of the molecule is CCc1c(-c2ccccc2)ncc2c1-c1ccccc1CC2. The second-order valence-corrected chi connectivity index (χ2v) is 5.86. The third-order valence-electron chi connectivity index (χ3n) is 4.61. The van der Waals surface area contributed by atoms with Crippen molar-refractivity contribution in [1.29, 1.82) is 0 Å². The number of pyridine rings is 1. The van der Waals surface area contributed by atoms with E-state index in [0.717, 1.165) is 25.0 Å². The smallest absolute Gasteiger partial charge is 0.0740 e. The molecule has 0 amide bonds. The predicted octanol–water partition coefficient (Wildman–Crippen LogP) is 5.08. The highest BCUT2D eigenvalue weighted by Gasteiger charge is 2.21. The fraction of sp³-hybridized carbons (Fsp3) is 0.190. The molecule has 0 spiro atoms. The topological polar surface area (TPSA) is 12.9 Å². The average molecular weight is 285 g/mol. The Balaban J connectivity index is 2.00. The van der Waals surface area contributed by atoms with Gasteiger partial charge in [-0.2, -0.15) is 0 Å². The Morgan fingerprint density at radius 2 is 1.59 bits per heavy atom. The third kappa shape index (κ3) is 2.05. The second kappa shape index (κ2) is 5.42. The molecule has 4 rings (SSSR count). The number of hydrogen-bond donors (Lipinski definition) is 0. The Hall–Kier alpha value is -2.41. The van der Waals surface area contributed by atoms with E-state index in [-0.39, 0.29) is 0 Å². The van der Waals surface area contributed by atoms with Gasteiger partial charge in [0.25, 0.3) is 0 Å². The van der Waals surface area contributed by atoms with Crippen molar-refractivity contribution in [2.45, 2.75) is 26.2 Å². The Bertz CT molecular complexity index is 819. The van der Waals surface area contributed by atoms with Gasteiger partial charge in [0.1, 0.15) is 0 Å². The number of aromatic nitrogens is 1. The first kappa shape index (κ1) is 13.3. The van der Waals surface area contributed by atoms with Crippen LogP contribution in [0, 0.1) is 0 Å². The lowest BCUT2D eigenvalue weighted by molar-refractivity contribution is 0.920. The van der Waals surface area contributed by atoms with Gasteiger partial charge in [-0.15, -0.1) is 0 Å². The lowest BCUT2D eigenvalue weighted by Crippen LogP contribution is -2.08. The largest absolute Gasteiger partial charge is 0.256 e. The van der Waals surface area contributed by atoms with Gasteiger partial charge in [0, 0.05) is 11.8 Å². The molecule has 1 aromatic heterocycles. The maximum Gasteiger partial charge on any atom is 0.0740 e. The van der Waals surface area contributed by atoms with Crippen LogP contribution in [0.4, 0.5) is 0 Å². The molecule has 1 aliphatic carbocycles. The summed E-state index contributed by atoms with van der Waals surface area (Å²) < 4.78 is 0. The van der Waals surface area contributed by atoms with Crippen molar-refractivity contribution in [3.63, 3.8) is 0 Å². The summed E-state index contributed by atoms with van der Waals surface area (Å²) >= 11 is 0. The first-order valence-corrected chi connectivity index (χ1v) is 8.03. The molecule has 0 bridgehead atoms. The molecule has 0 saturated carbocycles. The van der Waals surface area contributed by atoms with E-state index in [1.54, 1.807) is 0 Å². The van der Waals surface area contributed by atoms with Crippen molar-refractivity contribution in [1.82, 2.24) is 4.98 Å². The van der Waals surface area contributed by atoms with Crippen LogP contribution in [0.2, 0.25) is 0 Å². The van der Waals surface area contributed by atoms with Gasteiger partial charge in [-0.3, -0.25) is 4.98 Å². The van der Waals surface area contributed by atoms with E-state index in [0.29, 0.717) is 0 Å². The predicted molar refractivity (Wildman–Crippen MR) is 91.9 cm³/mol. The average Bonchev–Trinajstić information content (AvgIpc) is 2.61. The van der Waals surface area contributed by atoms with E-state index in [1.165, 1.54) is 33.4 Å². The minimum absolute atomic E-state index is 1.01. The summed E-state index contributed by atoms with van der Waals surface area (Å²) in [4.78, 5) is 4.81. The summed E-state index contributed by atoms with van der Waals surface area (Å²) in [6.45, 7) is 2.24. The van der Waals surface area contributed by atoms with Crippen LogP contribution < -0.4 is 0 Å². The van der Waals surface area contributed by atoms with Crippen LogP contribution in [0.3, 0.4) is 0 Å². The van der Waals surface area contributed by atoms with Crippen molar-refractivity contribution in [2.24, 2.45) is 0 Å². The first-order valence-electron chi connectivity index (χ1n) is 8.03. The molecule has 3 aromatic rings. The van der Waals surface area contributed by atoms with E-state index in [1.807, 2.05) is 0 Å². The molecule has 2 aromatic carbocycles. The Kier molecular flexibility index (Phi) is 3.27. The molecule has 1 nitrogen and oxygen atoms in total. The van der Waals surface area contributed by atoms with Crippen LogP contribution in [0.5, 0.6) is 0 Å². The molecular weight excluding hydrogens is 266 g/mol. The molecule has 0 fully saturated rings. The van der Waals surface area contributed by atoms with Gasteiger partial charge in [-0.25, -0.2) is 0 Å². The molecule has 0 aliphatic heterocycles. The monoisotopic (exact) mass is 285 g/mol. The molecule has 1 heterocycles. The highest BCUT2D eigenvalue weighted by Crippen LogP contribution is 2.39. The maximum atomic E-state index is 4.81. The van der Waals surface area contributed by atoms with Gasteiger partial charge in [-0.05, 0) is 47.1 Å². The Morgan fingerprint density at radius 3 is 2.41 bits per heavy atom. The minimum atomic E-state index is 1.01. The van der Waals surface area contributed by atoms with Gasteiger partial charge in [0.2, 0.25) is 0 Å². The van der Waals surface area contributed by atoms with Gasteiger partial charge in [0.05, 0.1) is 5.69 Å². The Morgan fingerprint density at radius 1 is 0.864 bits per heavy atom. The fourth-order valence-corrected chi connectivity index (χ4v) is 3.56. The third-order valence-corrected chi connectivity index (χ3v) is 4.61. The number of fused-ring (bicyclic) bond motifs is 3. The summed E-state index contributed by atoms with van der Waals surface area (Å²) in [7, 11) is 0. The zero-order chi connectivity index (χ0) is 14.9. The standard InChI is InChI=1S/C21H19N/c1-2-18-20-17(13-12-15-8-6-7-11-19(15)20)14-22-21(18)16-9-4-3-5-10-16/h3-11,14H,2,12-13H2,1H3. The van der Waals surface area contributed by atoms with Crippen LogP contribution in [-0.4, -0.2) is 4.98 Å². The summed E-state index contributed by atoms with van der Waals surface area (Å²) in [5.41, 5.74) is 9.43. The van der Waals surface area contributed by atoms with E-state index in [4.69, 9.17) is 4.98 Å². The molecule has 0 atom stereocenters. The maximum absolute atomic E-state index is 4.81. The Labute approximate surface area is 131 Å². The van der Waals surface area contributed by atoms with E-state index in [9.17, 15) is 0 Å². The lowest BCUT2D eigenvalue weighted by Gasteiger charge is -2.24. The van der Waals surface area contributed by atoms with E-state index >= 15 is 0 Å². The van der Waals surface area contributed by atoms with Gasteiger partial charge >= 0.3 is 0 Å². The van der Waals surface area contributed by atoms with Crippen LogP contribution in [-0.2, 0) is 19.3 Å². The normalized spacial score (nSPS) is 12.6. The molecule has 0 saturated heterocycles. The van der Waals surface area contributed by atoms with Gasteiger partial charge in [0.15, 0.2) is 0 Å². The van der Waals surface area contributed by atoms with Crippen molar-refractivity contribution >= 4 is 0 Å². The zero-order valence-corrected chi connectivity index (χ0v) is 12.8. The molecule has 1 heteroatoms. The van der Waals surface area contributed by atoms with Crippen LogP contribution in [0.15, 0.2) is 60.8 Å². The highest BCUT2D eigenvalue weighted by molar-refractivity contribution is 5.81. The van der Waals surface area contributed by atoms with Crippen LogP contribution >= 0.6 is 0 Å². The van der Waals surface area contributed by atoms with Crippen molar-refractivity contribution in [3.05, 3.63) is 77.5 Å². The molecule has 22 heavy (non-hydrogen) atoms. The first-order chi connectivity index (χ1) is 10.9. The van der Waals surface area contributed by atoms with Crippen molar-refractivity contribution in [3.8, 4) is 22.4 Å². The summed E-state index contributed by atoms with van der Waals surface area (Å²) in [5, 5.41) is 0. The molecule has 0 N–H and O–H groups in total. The van der Waals surface area contributed by atoms with Gasteiger partial charge < -0.3 is 0 Å². The summed E-state index contributed by atoms with van der Waals surface area (Å²) in [6.07, 6.45) is 5.32. The van der Waals surface area contributed by atoms with Crippen molar-refractivity contribution < 1.29 is 0 Å². The van der Waals surface area contributed by atoms with Crippen molar-refractivity contribution in [2.75, 3.05) is 0 Å². The number of hydrogen-bond acceptors (Lipinski definition) is 1. The second-order valence-electron chi connectivity index (χ2n) is 5.86. The summed E-state index contributed by atoms with van der Waals surface area (Å²) in [5.74, 6) is 0. The highest BCUT2D eigenvalue weighted by atomic mass is 14.7. The molecular formula is C21H19N. The van der Waals surface area contributed by atoms with Gasteiger partial charge in [-0.1, -0.05) is 61.5 Å². The van der Waals surface area contributed by atoms with E-state index < -0.39 is 0 Å². The van der Waals surface area contributed by atoms with Crippen LogP contribution in [0.1, 0.15) is 23.6 Å². The zero-order valence-electron chi connectivity index (χ0n) is 12.8. The number of rotatable bonds is 2. The molecule has 0 unspecified atom stereocenters. The fourth-order valence-electron chi connectivity index (χ4n) is 3.56. The van der Waals surface area contributed by atoms with E-state index in [2.05, 4.69) is 67.7 Å². The lowest BCUT2D eigenvalue weighted by atomic mass is 9.82. The number of aryl methyl sites for hydroxylation is 2. The quantitative estimate of drug-likeness (QED) is 0.640. The number of nitrogens with zero attached hydrogens (tertiary/aromatic N) is 1. The molecule has 1 aliphatic rings. The minimum Gasteiger partial charge on any atom is -0.256 e. The molecule has 108 valence electrons. The van der Waals surface area contributed by atoms with Crippen LogP contribution in [0.25, 0.3) is 22.4 Å². The number of benzene rings is 2. The summed E-state index contributed by atoms with van der Waals surface area (Å²) in [6, 6.07) is 19.4. The molecule has 0 radical (unpaired) electrons.